The van der Waals surface area contributed by atoms with Gasteiger partial charge in [0.05, 0.1) is 17.2 Å². The maximum Gasteiger partial charge on any atom is 0.275 e. The van der Waals surface area contributed by atoms with E-state index >= 15 is 0 Å². The number of aliphatic hydroxyl groups is 1. The molecule has 134 valence electrons. The number of hydrogen-bond acceptors (Lipinski definition) is 4. The first-order valence-electron chi connectivity index (χ1n) is 8.12. The monoisotopic (exact) mass is 355 g/mol. The van der Waals surface area contributed by atoms with Gasteiger partial charge in [-0.3, -0.25) is 9.59 Å². The van der Waals surface area contributed by atoms with Crippen LogP contribution in [0.4, 0.5) is 4.39 Å². The van der Waals surface area contributed by atoms with E-state index in [0.29, 0.717) is 16.6 Å². The van der Waals surface area contributed by atoms with Gasteiger partial charge < -0.3 is 10.4 Å². The third-order valence-electron chi connectivity index (χ3n) is 4.09. The molecule has 1 heterocycles. The predicted molar refractivity (Wildman–Crippen MR) is 95.1 cm³/mol. The second-order valence-corrected chi connectivity index (χ2v) is 5.97. The van der Waals surface area contributed by atoms with Gasteiger partial charge in [0.2, 0.25) is 5.91 Å². The molecule has 1 atom stereocenters. The van der Waals surface area contributed by atoms with Crippen molar-refractivity contribution in [3.05, 3.63) is 76.0 Å². The van der Waals surface area contributed by atoms with Crippen LogP contribution in [-0.4, -0.2) is 27.3 Å². The second kappa shape index (κ2) is 7.45. The summed E-state index contributed by atoms with van der Waals surface area (Å²) < 4.78 is 14.0. The molecule has 0 radical (unpaired) electrons. The van der Waals surface area contributed by atoms with E-state index in [4.69, 9.17) is 0 Å². The summed E-state index contributed by atoms with van der Waals surface area (Å²) in [6.07, 6.45) is -0.970. The molecule has 1 amide bonds. The lowest BCUT2D eigenvalue weighted by molar-refractivity contribution is -0.122. The number of benzene rings is 2. The van der Waals surface area contributed by atoms with Crippen LogP contribution in [0.3, 0.4) is 0 Å². The highest BCUT2D eigenvalue weighted by atomic mass is 19.1. The minimum Gasteiger partial charge on any atom is -0.387 e. The summed E-state index contributed by atoms with van der Waals surface area (Å²) >= 11 is 0. The summed E-state index contributed by atoms with van der Waals surface area (Å²) in [6.45, 7) is 1.47. The molecule has 2 N–H and O–H groups in total. The molecule has 0 aliphatic rings. The third-order valence-corrected chi connectivity index (χ3v) is 4.09. The average molecular weight is 355 g/mol. The van der Waals surface area contributed by atoms with Gasteiger partial charge in [0.15, 0.2) is 0 Å². The number of amides is 1. The second-order valence-electron chi connectivity index (χ2n) is 5.97. The van der Waals surface area contributed by atoms with Crippen LogP contribution in [0.2, 0.25) is 0 Å². The summed E-state index contributed by atoms with van der Waals surface area (Å²) in [5.41, 5.74) is 0.795. The van der Waals surface area contributed by atoms with Crippen molar-refractivity contribution in [1.82, 2.24) is 15.1 Å². The van der Waals surface area contributed by atoms with E-state index in [2.05, 4.69) is 10.4 Å². The molecule has 6 nitrogen and oxygen atoms in total. The minimum atomic E-state index is -0.970. The Morgan fingerprint density at radius 1 is 1.19 bits per heavy atom. The molecule has 1 aromatic heterocycles. The van der Waals surface area contributed by atoms with E-state index in [-0.39, 0.29) is 18.6 Å². The van der Waals surface area contributed by atoms with E-state index in [1.807, 2.05) is 12.1 Å². The Kier molecular flexibility index (Phi) is 5.09. The largest absolute Gasteiger partial charge is 0.387 e. The number of fused-ring (bicyclic) bond motifs is 1. The summed E-state index contributed by atoms with van der Waals surface area (Å²) in [6, 6.07) is 12.5. The van der Waals surface area contributed by atoms with Gasteiger partial charge in [-0.15, -0.1) is 0 Å². The molecule has 0 bridgehead atoms. The molecule has 2 aromatic carbocycles. The fourth-order valence-electron chi connectivity index (χ4n) is 2.72. The van der Waals surface area contributed by atoms with E-state index in [0.717, 1.165) is 10.1 Å². The number of carbonyl (C=O) groups is 1. The highest BCUT2D eigenvalue weighted by Gasteiger charge is 2.13. The molecule has 7 heteroatoms. The number of hydrogen-bond donors (Lipinski definition) is 2. The molecule has 0 saturated carbocycles. The van der Waals surface area contributed by atoms with Crippen molar-refractivity contribution in [2.45, 2.75) is 19.6 Å². The Morgan fingerprint density at radius 2 is 1.85 bits per heavy atom. The number of aryl methyl sites for hydroxylation is 1. The quantitative estimate of drug-likeness (QED) is 0.730. The number of halogens is 1. The normalized spacial score (nSPS) is 12.1. The minimum absolute atomic E-state index is 0.0498. The molecular weight excluding hydrogens is 337 g/mol. The van der Waals surface area contributed by atoms with Gasteiger partial charge in [-0.1, -0.05) is 30.3 Å². The highest BCUT2D eigenvalue weighted by molar-refractivity contribution is 5.83. The molecule has 0 aliphatic heterocycles. The Hall–Kier alpha value is -3.06. The van der Waals surface area contributed by atoms with Crippen LogP contribution in [0.15, 0.2) is 53.3 Å². The third kappa shape index (κ3) is 3.78. The van der Waals surface area contributed by atoms with Crippen molar-refractivity contribution in [3.8, 4) is 0 Å². The van der Waals surface area contributed by atoms with Crippen molar-refractivity contribution in [2.24, 2.45) is 0 Å². The smallest absolute Gasteiger partial charge is 0.275 e. The Bertz CT molecular complexity index is 999. The van der Waals surface area contributed by atoms with E-state index in [1.54, 1.807) is 19.1 Å². The first kappa shape index (κ1) is 17.8. The first-order valence-corrected chi connectivity index (χ1v) is 8.12. The standard InChI is InChI=1S/C19H18FN3O3/c1-12-15-4-2-3-5-16(15)19(26)23(22-12)11-18(25)21-10-17(24)13-6-8-14(20)9-7-13/h2-9,17,24H,10-11H2,1H3,(H,21,25). The number of rotatable bonds is 5. The van der Waals surface area contributed by atoms with E-state index in [1.165, 1.54) is 24.3 Å². The summed E-state index contributed by atoms with van der Waals surface area (Å²) in [5.74, 6) is -0.849. The summed E-state index contributed by atoms with van der Waals surface area (Å²) in [4.78, 5) is 24.6. The van der Waals surface area contributed by atoms with Crippen LogP contribution in [-0.2, 0) is 11.3 Å². The Morgan fingerprint density at radius 3 is 2.54 bits per heavy atom. The number of nitrogens with one attached hydrogen (secondary N) is 1. The zero-order valence-corrected chi connectivity index (χ0v) is 14.1. The van der Waals surface area contributed by atoms with Crippen molar-refractivity contribution >= 4 is 16.7 Å². The molecule has 0 saturated heterocycles. The van der Waals surface area contributed by atoms with Crippen molar-refractivity contribution < 1.29 is 14.3 Å². The van der Waals surface area contributed by atoms with Crippen LogP contribution in [0.25, 0.3) is 10.8 Å². The van der Waals surface area contributed by atoms with Crippen molar-refractivity contribution in [2.75, 3.05) is 6.54 Å². The molecule has 3 rings (SSSR count). The van der Waals surface area contributed by atoms with Gasteiger partial charge in [-0.25, -0.2) is 9.07 Å². The zero-order valence-electron chi connectivity index (χ0n) is 14.1. The van der Waals surface area contributed by atoms with Crippen LogP contribution < -0.4 is 10.9 Å². The van der Waals surface area contributed by atoms with Crippen LogP contribution in [0.5, 0.6) is 0 Å². The highest BCUT2D eigenvalue weighted by Crippen LogP contribution is 2.13. The predicted octanol–water partition coefficient (Wildman–Crippen LogP) is 1.69. The summed E-state index contributed by atoms with van der Waals surface area (Å²) in [7, 11) is 0. The SMILES string of the molecule is Cc1nn(CC(=O)NCC(O)c2ccc(F)cc2)c(=O)c2ccccc12. The van der Waals surface area contributed by atoms with E-state index in [9.17, 15) is 19.1 Å². The number of carbonyl (C=O) groups excluding carboxylic acids is 1. The molecule has 0 aliphatic carbocycles. The summed E-state index contributed by atoms with van der Waals surface area (Å²) in [5, 5.41) is 18.0. The van der Waals surface area contributed by atoms with Crippen LogP contribution in [0, 0.1) is 12.7 Å². The maximum absolute atomic E-state index is 12.9. The maximum atomic E-state index is 12.9. The van der Waals surface area contributed by atoms with Crippen molar-refractivity contribution in [1.29, 1.82) is 0 Å². The van der Waals surface area contributed by atoms with Crippen LogP contribution >= 0.6 is 0 Å². The Labute approximate surface area is 148 Å². The van der Waals surface area contributed by atoms with Crippen LogP contribution in [0.1, 0.15) is 17.4 Å². The van der Waals surface area contributed by atoms with Gasteiger partial charge in [0.25, 0.3) is 5.56 Å². The van der Waals surface area contributed by atoms with Gasteiger partial charge >= 0.3 is 0 Å². The molecular formula is C19H18FN3O3. The number of aromatic nitrogens is 2. The molecule has 3 aromatic rings. The topological polar surface area (TPSA) is 84.2 Å². The van der Waals surface area contributed by atoms with Gasteiger partial charge in [-0.05, 0) is 30.7 Å². The molecule has 0 fully saturated rings. The lowest BCUT2D eigenvalue weighted by Crippen LogP contribution is -2.36. The fraction of sp³-hybridized carbons (Fsp3) is 0.211. The average Bonchev–Trinajstić information content (AvgIpc) is 2.64. The molecule has 1 unspecified atom stereocenters. The number of nitrogens with zero attached hydrogens (tertiary/aromatic N) is 2. The number of aliphatic hydroxyl groups excluding tert-OH is 1. The van der Waals surface area contributed by atoms with Crippen molar-refractivity contribution in [3.63, 3.8) is 0 Å². The van der Waals surface area contributed by atoms with Gasteiger partial charge in [0.1, 0.15) is 12.4 Å². The zero-order chi connectivity index (χ0) is 18.7. The van der Waals surface area contributed by atoms with Gasteiger partial charge in [-0.2, -0.15) is 5.10 Å². The molecule has 0 spiro atoms. The first-order chi connectivity index (χ1) is 12.5. The van der Waals surface area contributed by atoms with Gasteiger partial charge in [0, 0.05) is 11.9 Å². The Balaban J connectivity index is 1.68. The lowest BCUT2D eigenvalue weighted by atomic mass is 10.1. The lowest BCUT2D eigenvalue weighted by Gasteiger charge is -2.13. The van der Waals surface area contributed by atoms with E-state index < -0.39 is 17.8 Å². The fourth-order valence-corrected chi connectivity index (χ4v) is 2.72. The molecule has 26 heavy (non-hydrogen) atoms.